The number of halogens is 3. The van der Waals surface area contributed by atoms with Crippen molar-refractivity contribution in [3.05, 3.63) is 36.4 Å². The number of carbonyl (C=O) groups excluding carboxylic acids is 1. The smallest absolute Gasteiger partial charge is 0.336 e. The zero-order valence-electron chi connectivity index (χ0n) is 17.1. The number of rotatable bonds is 6. The van der Waals surface area contributed by atoms with Gasteiger partial charge in [0.15, 0.2) is 5.03 Å². The number of alkyl halides is 3. The number of pyridine rings is 1. The maximum Gasteiger partial charge on any atom is 0.417 e. The number of amides is 1. The van der Waals surface area contributed by atoms with Crippen LogP contribution in [0.3, 0.4) is 0 Å². The fourth-order valence-electron chi connectivity index (χ4n) is 3.37. The number of hydrogen-bond donors (Lipinski definition) is 1. The number of sulfonamides is 1. The fraction of sp³-hybridized carbons (Fsp3) is 0.526. The summed E-state index contributed by atoms with van der Waals surface area (Å²) in [6, 6.07) is 1.90. The van der Waals surface area contributed by atoms with Crippen molar-refractivity contribution in [1.29, 1.82) is 0 Å². The minimum absolute atomic E-state index is 0.0228. The highest BCUT2D eigenvalue weighted by Crippen LogP contribution is 2.29. The van der Waals surface area contributed by atoms with E-state index in [4.69, 9.17) is 0 Å². The van der Waals surface area contributed by atoms with Gasteiger partial charge in [-0.05, 0) is 30.9 Å². The molecule has 1 aliphatic heterocycles. The lowest BCUT2D eigenvalue weighted by Crippen LogP contribution is -2.43. The van der Waals surface area contributed by atoms with Gasteiger partial charge < -0.3 is 9.88 Å². The Bertz CT molecular complexity index is 1020. The van der Waals surface area contributed by atoms with Gasteiger partial charge >= 0.3 is 6.18 Å². The first kappa shape index (κ1) is 23.2. The molecule has 0 unspecified atom stereocenters. The molecular weight excluding hydrogens is 435 g/mol. The van der Waals surface area contributed by atoms with Gasteiger partial charge in [0.1, 0.15) is 5.82 Å². The molecular formula is C19H24F3N5O3S. The summed E-state index contributed by atoms with van der Waals surface area (Å²) in [5.41, 5.74) is -0.919. The maximum atomic E-state index is 12.9. The van der Waals surface area contributed by atoms with E-state index in [1.54, 1.807) is 4.57 Å². The molecule has 1 fully saturated rings. The van der Waals surface area contributed by atoms with Gasteiger partial charge in [-0.2, -0.15) is 17.5 Å². The standard InChI is InChI=1S/C19H24F3N5O3S/c1-13(2)9-26-11-17(24-12-26)31(29,30)27-7-3-4-14(10-27)18(28)25-16-6-5-15(8-23-16)19(20,21)22/h5-6,8,11-14H,3-4,7,9-10H2,1-2H3,(H,23,25,28)/t14-/m1/s1. The second-order valence-electron chi connectivity index (χ2n) is 7.92. The van der Waals surface area contributed by atoms with Crippen molar-refractivity contribution < 1.29 is 26.4 Å². The number of hydrogen-bond acceptors (Lipinski definition) is 5. The lowest BCUT2D eigenvalue weighted by atomic mass is 9.99. The van der Waals surface area contributed by atoms with E-state index in [-0.39, 0.29) is 23.9 Å². The second-order valence-corrected chi connectivity index (χ2v) is 9.81. The van der Waals surface area contributed by atoms with E-state index in [1.807, 2.05) is 13.8 Å². The van der Waals surface area contributed by atoms with Gasteiger partial charge in [0, 0.05) is 32.0 Å². The number of nitrogens with zero attached hydrogens (tertiary/aromatic N) is 4. The Morgan fingerprint density at radius 2 is 2.03 bits per heavy atom. The molecule has 0 aliphatic carbocycles. The molecule has 1 amide bonds. The first-order chi connectivity index (χ1) is 14.5. The monoisotopic (exact) mass is 459 g/mol. The summed E-state index contributed by atoms with van der Waals surface area (Å²) in [5, 5.41) is 2.40. The van der Waals surface area contributed by atoms with E-state index in [2.05, 4.69) is 15.3 Å². The van der Waals surface area contributed by atoms with E-state index < -0.39 is 33.6 Å². The minimum Gasteiger partial charge on any atom is -0.336 e. The minimum atomic E-state index is -4.52. The average molecular weight is 459 g/mol. The molecule has 0 aromatic carbocycles. The van der Waals surface area contributed by atoms with Crippen LogP contribution in [0, 0.1) is 11.8 Å². The van der Waals surface area contributed by atoms with Crippen LogP contribution in [0.25, 0.3) is 0 Å². The highest BCUT2D eigenvalue weighted by atomic mass is 32.2. The number of imidazole rings is 1. The first-order valence-electron chi connectivity index (χ1n) is 9.83. The summed E-state index contributed by atoms with van der Waals surface area (Å²) in [4.78, 5) is 20.2. The number of piperidine rings is 1. The largest absolute Gasteiger partial charge is 0.417 e. The predicted octanol–water partition coefficient (Wildman–Crippen LogP) is 2.99. The molecule has 170 valence electrons. The van der Waals surface area contributed by atoms with Crippen molar-refractivity contribution >= 4 is 21.7 Å². The van der Waals surface area contributed by atoms with Gasteiger partial charge in [0.2, 0.25) is 5.91 Å². The Hall–Kier alpha value is -2.47. The maximum absolute atomic E-state index is 12.9. The highest BCUT2D eigenvalue weighted by molar-refractivity contribution is 7.89. The third-order valence-electron chi connectivity index (χ3n) is 4.89. The Morgan fingerprint density at radius 3 is 2.65 bits per heavy atom. The first-order valence-corrected chi connectivity index (χ1v) is 11.3. The molecule has 2 aromatic heterocycles. The lowest BCUT2D eigenvalue weighted by molar-refractivity contribution is -0.137. The fourth-order valence-corrected chi connectivity index (χ4v) is 4.82. The molecule has 8 nitrogen and oxygen atoms in total. The molecule has 1 N–H and O–H groups in total. The van der Waals surface area contributed by atoms with Crippen molar-refractivity contribution in [2.45, 2.75) is 44.4 Å². The Balaban J connectivity index is 1.66. The van der Waals surface area contributed by atoms with Crippen LogP contribution in [0.15, 0.2) is 35.9 Å². The second kappa shape index (κ2) is 8.95. The van der Waals surface area contributed by atoms with E-state index in [9.17, 15) is 26.4 Å². The van der Waals surface area contributed by atoms with Crippen molar-refractivity contribution in [2.24, 2.45) is 11.8 Å². The summed E-state index contributed by atoms with van der Waals surface area (Å²) in [6.45, 7) is 4.88. The predicted molar refractivity (Wildman–Crippen MR) is 106 cm³/mol. The normalized spacial score (nSPS) is 18.3. The summed E-state index contributed by atoms with van der Waals surface area (Å²) < 4.78 is 66.7. The van der Waals surface area contributed by atoms with Crippen molar-refractivity contribution in [1.82, 2.24) is 18.8 Å². The van der Waals surface area contributed by atoms with Gasteiger partial charge in [-0.25, -0.2) is 18.4 Å². The number of aromatic nitrogens is 3. The molecule has 0 radical (unpaired) electrons. The Kier molecular flexibility index (Phi) is 6.70. The average Bonchev–Trinajstić information content (AvgIpc) is 3.16. The molecule has 1 aliphatic rings. The van der Waals surface area contributed by atoms with Gasteiger partial charge in [0.25, 0.3) is 10.0 Å². The summed E-state index contributed by atoms with van der Waals surface area (Å²) >= 11 is 0. The third-order valence-corrected chi connectivity index (χ3v) is 6.64. The van der Waals surface area contributed by atoms with Crippen molar-refractivity contribution in [2.75, 3.05) is 18.4 Å². The SMILES string of the molecule is CC(C)Cn1cnc(S(=O)(=O)N2CCC[C@@H](C(=O)Nc3ccc(C(F)(F)F)cn3)C2)c1. The molecule has 2 aromatic rings. The zero-order chi connectivity index (χ0) is 22.8. The van der Waals surface area contributed by atoms with E-state index in [1.165, 1.54) is 16.8 Å². The van der Waals surface area contributed by atoms with Crippen LogP contribution in [-0.4, -0.2) is 46.3 Å². The van der Waals surface area contributed by atoms with Gasteiger partial charge in [-0.15, -0.1) is 0 Å². The van der Waals surface area contributed by atoms with Crippen LogP contribution in [-0.2, 0) is 27.5 Å². The molecule has 12 heteroatoms. The number of carbonyl (C=O) groups is 1. The molecule has 3 rings (SSSR count). The molecule has 1 atom stereocenters. The van der Waals surface area contributed by atoms with E-state index in [0.29, 0.717) is 31.5 Å². The van der Waals surface area contributed by atoms with Gasteiger partial charge in [-0.3, -0.25) is 4.79 Å². The third kappa shape index (κ3) is 5.62. The summed E-state index contributed by atoms with van der Waals surface area (Å²) in [5.74, 6) is -0.833. The Labute approximate surface area is 178 Å². The molecule has 0 spiro atoms. The lowest BCUT2D eigenvalue weighted by Gasteiger charge is -2.30. The van der Waals surface area contributed by atoms with Crippen LogP contribution in [0.1, 0.15) is 32.3 Å². The summed E-state index contributed by atoms with van der Waals surface area (Å²) in [6.07, 6.45) is 0.00380. The van der Waals surface area contributed by atoms with Gasteiger partial charge in [0.05, 0.1) is 17.8 Å². The molecule has 0 bridgehead atoms. The van der Waals surface area contributed by atoms with Crippen LogP contribution >= 0.6 is 0 Å². The van der Waals surface area contributed by atoms with Crippen LogP contribution < -0.4 is 5.32 Å². The molecule has 31 heavy (non-hydrogen) atoms. The van der Waals surface area contributed by atoms with E-state index in [0.717, 1.165) is 12.1 Å². The zero-order valence-corrected chi connectivity index (χ0v) is 17.9. The number of nitrogens with one attached hydrogen (secondary N) is 1. The molecule has 0 saturated carbocycles. The summed E-state index contributed by atoms with van der Waals surface area (Å²) in [7, 11) is -3.86. The van der Waals surface area contributed by atoms with Crippen molar-refractivity contribution in [3.63, 3.8) is 0 Å². The molecule has 1 saturated heterocycles. The Morgan fingerprint density at radius 1 is 1.29 bits per heavy atom. The van der Waals surface area contributed by atoms with Crippen LogP contribution in [0.2, 0.25) is 0 Å². The topological polar surface area (TPSA) is 97.2 Å². The molecule has 3 heterocycles. The number of anilines is 1. The van der Waals surface area contributed by atoms with Crippen molar-refractivity contribution in [3.8, 4) is 0 Å². The van der Waals surface area contributed by atoms with E-state index >= 15 is 0 Å². The van der Waals surface area contributed by atoms with Gasteiger partial charge in [-0.1, -0.05) is 13.8 Å². The highest BCUT2D eigenvalue weighted by Gasteiger charge is 2.35. The quantitative estimate of drug-likeness (QED) is 0.716. The van der Waals surface area contributed by atoms with Crippen LogP contribution in [0.5, 0.6) is 0 Å². The van der Waals surface area contributed by atoms with Crippen LogP contribution in [0.4, 0.5) is 19.0 Å².